The van der Waals surface area contributed by atoms with Crippen molar-refractivity contribution in [3.63, 3.8) is 0 Å². The molecule has 126 valence electrons. The SMILES string of the molecule is CC1C=C(c2c(C(F)(F)F)nn(-c3ncccn3)c2N)CC(=O)C1. The van der Waals surface area contributed by atoms with Gasteiger partial charge in [0.2, 0.25) is 0 Å². The van der Waals surface area contributed by atoms with Gasteiger partial charge >= 0.3 is 6.18 Å². The van der Waals surface area contributed by atoms with Gasteiger partial charge in [-0.1, -0.05) is 13.0 Å². The van der Waals surface area contributed by atoms with Crippen LogP contribution in [0.25, 0.3) is 11.5 Å². The van der Waals surface area contributed by atoms with Gasteiger partial charge in [0, 0.05) is 25.2 Å². The fraction of sp³-hybridized carbons (Fsp3) is 0.333. The highest BCUT2D eigenvalue weighted by molar-refractivity contribution is 5.95. The monoisotopic (exact) mass is 337 g/mol. The second-order valence-electron chi connectivity index (χ2n) is 5.66. The number of aromatic nitrogens is 4. The molecule has 2 aromatic heterocycles. The minimum Gasteiger partial charge on any atom is -0.383 e. The molecular formula is C15H14F3N5O. The Labute approximate surface area is 135 Å². The first-order valence-electron chi connectivity index (χ1n) is 7.23. The number of allylic oxidation sites excluding steroid dienone is 2. The maximum Gasteiger partial charge on any atom is 0.435 e. The largest absolute Gasteiger partial charge is 0.435 e. The summed E-state index contributed by atoms with van der Waals surface area (Å²) < 4.78 is 41.1. The van der Waals surface area contributed by atoms with E-state index in [0.717, 1.165) is 4.68 Å². The Kier molecular flexibility index (Phi) is 3.86. The summed E-state index contributed by atoms with van der Waals surface area (Å²) in [6.07, 6.45) is -0.113. The molecule has 2 heterocycles. The lowest BCUT2D eigenvalue weighted by Crippen LogP contribution is -2.15. The first kappa shape index (κ1) is 16.2. The molecule has 1 atom stereocenters. The number of rotatable bonds is 2. The quantitative estimate of drug-likeness (QED) is 0.910. The number of nitrogens with zero attached hydrogens (tertiary/aromatic N) is 4. The van der Waals surface area contributed by atoms with E-state index in [9.17, 15) is 18.0 Å². The Morgan fingerprint density at radius 1 is 1.29 bits per heavy atom. The molecule has 0 spiro atoms. The first-order chi connectivity index (χ1) is 11.3. The number of carbonyl (C=O) groups excluding carboxylic acids is 1. The lowest BCUT2D eigenvalue weighted by Gasteiger charge is -2.18. The first-order valence-corrected chi connectivity index (χ1v) is 7.23. The molecule has 1 unspecified atom stereocenters. The van der Waals surface area contributed by atoms with Crippen molar-refractivity contribution in [1.29, 1.82) is 0 Å². The highest BCUT2D eigenvalue weighted by atomic mass is 19.4. The third-order valence-corrected chi connectivity index (χ3v) is 3.68. The minimum absolute atomic E-state index is 0.0671. The molecule has 0 amide bonds. The van der Waals surface area contributed by atoms with E-state index in [-0.39, 0.29) is 41.0 Å². The molecule has 9 heteroatoms. The van der Waals surface area contributed by atoms with E-state index in [0.29, 0.717) is 6.42 Å². The summed E-state index contributed by atoms with van der Waals surface area (Å²) in [7, 11) is 0. The normalized spacial score (nSPS) is 18.6. The summed E-state index contributed by atoms with van der Waals surface area (Å²) in [5.41, 5.74) is 4.76. The fourth-order valence-electron chi connectivity index (χ4n) is 2.78. The van der Waals surface area contributed by atoms with Crippen LogP contribution in [0.2, 0.25) is 0 Å². The number of ketones is 1. The van der Waals surface area contributed by atoms with Crippen LogP contribution in [-0.4, -0.2) is 25.5 Å². The molecule has 1 aliphatic rings. The molecule has 0 saturated heterocycles. The van der Waals surface area contributed by atoms with Gasteiger partial charge in [-0.15, -0.1) is 0 Å². The van der Waals surface area contributed by atoms with Gasteiger partial charge in [0.05, 0.1) is 5.56 Å². The molecule has 24 heavy (non-hydrogen) atoms. The minimum atomic E-state index is -4.71. The Bertz CT molecular complexity index is 811. The molecule has 0 aliphatic heterocycles. The van der Waals surface area contributed by atoms with E-state index in [4.69, 9.17) is 5.73 Å². The van der Waals surface area contributed by atoms with Gasteiger partial charge in [-0.25, -0.2) is 9.97 Å². The number of hydrogen-bond donors (Lipinski definition) is 1. The van der Waals surface area contributed by atoms with Crippen LogP contribution in [0, 0.1) is 5.92 Å². The molecular weight excluding hydrogens is 323 g/mol. The van der Waals surface area contributed by atoms with Crippen LogP contribution in [0.3, 0.4) is 0 Å². The highest BCUT2D eigenvalue weighted by Gasteiger charge is 2.41. The van der Waals surface area contributed by atoms with Crippen LogP contribution in [-0.2, 0) is 11.0 Å². The van der Waals surface area contributed by atoms with Gasteiger partial charge in [-0.3, -0.25) is 4.79 Å². The van der Waals surface area contributed by atoms with Crippen LogP contribution >= 0.6 is 0 Å². The van der Waals surface area contributed by atoms with E-state index in [1.165, 1.54) is 18.5 Å². The Balaban J connectivity index is 2.21. The molecule has 0 fully saturated rings. The van der Waals surface area contributed by atoms with Crippen molar-refractivity contribution in [2.24, 2.45) is 5.92 Å². The van der Waals surface area contributed by atoms with Crippen molar-refractivity contribution in [2.75, 3.05) is 5.73 Å². The van der Waals surface area contributed by atoms with Gasteiger partial charge in [-0.05, 0) is 17.6 Å². The van der Waals surface area contributed by atoms with Crippen molar-refractivity contribution in [3.8, 4) is 5.95 Å². The highest BCUT2D eigenvalue weighted by Crippen LogP contribution is 2.40. The zero-order valence-electron chi connectivity index (χ0n) is 12.7. The third kappa shape index (κ3) is 2.89. The predicted octanol–water partition coefficient (Wildman–Crippen LogP) is 2.65. The maximum absolute atomic E-state index is 13.4. The number of halogens is 3. The van der Waals surface area contributed by atoms with Crippen molar-refractivity contribution < 1.29 is 18.0 Å². The van der Waals surface area contributed by atoms with Crippen molar-refractivity contribution in [3.05, 3.63) is 35.8 Å². The van der Waals surface area contributed by atoms with E-state index < -0.39 is 11.9 Å². The molecule has 0 aromatic carbocycles. The van der Waals surface area contributed by atoms with Gasteiger partial charge < -0.3 is 5.73 Å². The average Bonchev–Trinajstić information content (AvgIpc) is 2.85. The molecule has 0 radical (unpaired) electrons. The van der Waals surface area contributed by atoms with Crippen molar-refractivity contribution >= 4 is 17.2 Å². The van der Waals surface area contributed by atoms with E-state index in [1.807, 2.05) is 0 Å². The predicted molar refractivity (Wildman–Crippen MR) is 80.0 cm³/mol. The summed E-state index contributed by atoms with van der Waals surface area (Å²) in [5, 5.41) is 3.57. The smallest absolute Gasteiger partial charge is 0.383 e. The molecule has 1 aliphatic carbocycles. The third-order valence-electron chi connectivity index (χ3n) is 3.68. The number of alkyl halides is 3. The number of carbonyl (C=O) groups is 1. The summed E-state index contributed by atoms with van der Waals surface area (Å²) >= 11 is 0. The van der Waals surface area contributed by atoms with Gasteiger partial charge in [0.25, 0.3) is 5.95 Å². The molecule has 0 saturated carbocycles. The van der Waals surface area contributed by atoms with E-state index in [2.05, 4.69) is 15.1 Å². The Morgan fingerprint density at radius 2 is 1.96 bits per heavy atom. The lowest BCUT2D eigenvalue weighted by molar-refractivity contribution is -0.141. The number of hydrogen-bond acceptors (Lipinski definition) is 5. The standard InChI is InChI=1S/C15H14F3N5O/c1-8-5-9(7-10(24)6-8)11-12(15(16,17)18)22-23(13(11)19)14-20-3-2-4-21-14/h2-5,8H,6-7,19H2,1H3. The van der Waals surface area contributed by atoms with E-state index in [1.54, 1.807) is 13.0 Å². The molecule has 0 bridgehead atoms. The zero-order chi connectivity index (χ0) is 17.5. The summed E-state index contributed by atoms with van der Waals surface area (Å²) in [4.78, 5) is 19.5. The zero-order valence-corrected chi connectivity index (χ0v) is 12.7. The van der Waals surface area contributed by atoms with Crippen LogP contribution in [0.5, 0.6) is 0 Å². The van der Waals surface area contributed by atoms with Crippen LogP contribution in [0.4, 0.5) is 19.0 Å². The van der Waals surface area contributed by atoms with E-state index >= 15 is 0 Å². The summed E-state index contributed by atoms with van der Waals surface area (Å²) in [6.45, 7) is 1.77. The second kappa shape index (κ2) is 5.73. The van der Waals surface area contributed by atoms with Crippen LogP contribution < -0.4 is 5.73 Å². The van der Waals surface area contributed by atoms with Crippen LogP contribution in [0.15, 0.2) is 24.5 Å². The summed E-state index contributed by atoms with van der Waals surface area (Å²) in [6, 6.07) is 1.53. The van der Waals surface area contributed by atoms with Crippen molar-refractivity contribution in [1.82, 2.24) is 19.7 Å². The van der Waals surface area contributed by atoms with Gasteiger partial charge in [0.15, 0.2) is 5.69 Å². The maximum atomic E-state index is 13.4. The summed E-state index contributed by atoms with van der Waals surface area (Å²) in [5.74, 6) is -0.585. The molecule has 3 rings (SSSR count). The van der Waals surface area contributed by atoms with Crippen molar-refractivity contribution in [2.45, 2.75) is 25.9 Å². The van der Waals surface area contributed by atoms with Gasteiger partial charge in [0.1, 0.15) is 11.6 Å². The second-order valence-corrected chi connectivity index (χ2v) is 5.66. The Hall–Kier alpha value is -2.71. The number of nitrogens with two attached hydrogens (primary N) is 1. The molecule has 2 aromatic rings. The molecule has 6 nitrogen and oxygen atoms in total. The molecule has 2 N–H and O–H groups in total. The topological polar surface area (TPSA) is 86.7 Å². The fourth-order valence-corrected chi connectivity index (χ4v) is 2.78. The number of anilines is 1. The number of Topliss-reactive ketones (excluding diaryl/α,β-unsaturated/α-hetero) is 1. The number of nitrogen functional groups attached to an aromatic ring is 1. The average molecular weight is 337 g/mol. The lowest BCUT2D eigenvalue weighted by atomic mass is 9.87. The van der Waals surface area contributed by atoms with Crippen LogP contribution in [0.1, 0.15) is 31.0 Å². The van der Waals surface area contributed by atoms with Gasteiger partial charge in [-0.2, -0.15) is 23.0 Å². The Morgan fingerprint density at radius 3 is 2.54 bits per heavy atom.